The maximum absolute atomic E-state index is 4.40. The Hall–Kier alpha value is -0.550. The molecule has 0 amide bonds. The van der Waals surface area contributed by atoms with Crippen molar-refractivity contribution in [2.24, 2.45) is 4.99 Å². The van der Waals surface area contributed by atoms with E-state index in [1.807, 2.05) is 6.20 Å². The van der Waals surface area contributed by atoms with E-state index in [0.29, 0.717) is 0 Å². The van der Waals surface area contributed by atoms with Gasteiger partial charge in [-0.2, -0.15) is 0 Å². The predicted octanol–water partition coefficient (Wildman–Crippen LogP) is 2.03. The molecule has 0 aromatic carbocycles. The lowest BCUT2D eigenvalue weighted by atomic mass is 10.5. The second kappa shape index (κ2) is 4.79. The molecule has 0 unspecified atom stereocenters. The van der Waals surface area contributed by atoms with Gasteiger partial charge in [-0.05, 0) is 13.3 Å². The minimum atomic E-state index is 0.810. The van der Waals surface area contributed by atoms with Crippen LogP contribution in [0.15, 0.2) is 11.2 Å². The number of nitrogens with zero attached hydrogens (tertiary/aromatic N) is 2. The molecule has 2 heterocycles. The maximum atomic E-state index is 4.40. The van der Waals surface area contributed by atoms with Crippen LogP contribution in [0.25, 0.3) is 0 Å². The number of aryl methyl sites for hydroxylation is 1. The SMILES string of the molecule is Cc1cnc(CNC2=NCCCS2)s1. The fraction of sp³-hybridized carbons (Fsp3) is 0.556. The summed E-state index contributed by atoms with van der Waals surface area (Å²) in [7, 11) is 0. The van der Waals surface area contributed by atoms with Crippen molar-refractivity contribution >= 4 is 28.3 Å². The smallest absolute Gasteiger partial charge is 0.156 e. The number of aromatic nitrogens is 1. The van der Waals surface area contributed by atoms with Crippen LogP contribution in [0.3, 0.4) is 0 Å². The van der Waals surface area contributed by atoms with E-state index < -0.39 is 0 Å². The Balaban J connectivity index is 1.84. The lowest BCUT2D eigenvalue weighted by molar-refractivity contribution is 0.874. The van der Waals surface area contributed by atoms with Crippen LogP contribution in [0.2, 0.25) is 0 Å². The van der Waals surface area contributed by atoms with Crippen LogP contribution in [0.4, 0.5) is 0 Å². The number of hydrogen-bond acceptors (Lipinski definition) is 5. The van der Waals surface area contributed by atoms with E-state index in [-0.39, 0.29) is 0 Å². The second-order valence-electron chi connectivity index (χ2n) is 3.11. The molecule has 0 radical (unpaired) electrons. The normalized spacial score (nSPS) is 16.5. The zero-order chi connectivity index (χ0) is 9.80. The van der Waals surface area contributed by atoms with Gasteiger partial charge in [-0.3, -0.25) is 4.99 Å². The molecule has 0 fully saturated rings. The summed E-state index contributed by atoms with van der Waals surface area (Å²) in [5.74, 6) is 1.18. The van der Waals surface area contributed by atoms with Crippen molar-refractivity contribution < 1.29 is 0 Å². The van der Waals surface area contributed by atoms with Crippen molar-refractivity contribution in [3.8, 4) is 0 Å². The van der Waals surface area contributed by atoms with E-state index in [2.05, 4.69) is 22.2 Å². The zero-order valence-electron chi connectivity index (χ0n) is 8.12. The van der Waals surface area contributed by atoms with E-state index in [1.165, 1.54) is 17.1 Å². The summed E-state index contributed by atoms with van der Waals surface area (Å²) in [5.41, 5.74) is 0. The van der Waals surface area contributed by atoms with Crippen molar-refractivity contribution in [3.05, 3.63) is 16.1 Å². The monoisotopic (exact) mass is 227 g/mol. The van der Waals surface area contributed by atoms with Crippen LogP contribution in [0.1, 0.15) is 16.3 Å². The number of rotatable bonds is 2. The molecule has 14 heavy (non-hydrogen) atoms. The molecular formula is C9H13N3S2. The van der Waals surface area contributed by atoms with E-state index in [0.717, 1.165) is 23.3 Å². The van der Waals surface area contributed by atoms with Gasteiger partial charge in [-0.1, -0.05) is 11.8 Å². The minimum absolute atomic E-state index is 0.810. The highest BCUT2D eigenvalue weighted by atomic mass is 32.2. The van der Waals surface area contributed by atoms with Gasteiger partial charge in [0.25, 0.3) is 0 Å². The first-order valence-electron chi connectivity index (χ1n) is 4.67. The van der Waals surface area contributed by atoms with Gasteiger partial charge in [-0.15, -0.1) is 11.3 Å². The molecule has 0 bridgehead atoms. The Kier molecular flexibility index (Phi) is 3.42. The van der Waals surface area contributed by atoms with Crippen molar-refractivity contribution in [1.82, 2.24) is 10.3 Å². The number of nitrogens with one attached hydrogen (secondary N) is 1. The average Bonchev–Trinajstić information content (AvgIpc) is 2.63. The van der Waals surface area contributed by atoms with E-state index >= 15 is 0 Å². The van der Waals surface area contributed by atoms with Gasteiger partial charge in [0.15, 0.2) is 5.17 Å². The quantitative estimate of drug-likeness (QED) is 0.840. The van der Waals surface area contributed by atoms with Crippen LogP contribution in [-0.4, -0.2) is 22.4 Å². The maximum Gasteiger partial charge on any atom is 0.156 e. The average molecular weight is 227 g/mol. The third kappa shape index (κ3) is 2.72. The summed E-state index contributed by atoms with van der Waals surface area (Å²) in [6.45, 7) is 3.85. The van der Waals surface area contributed by atoms with Crippen molar-refractivity contribution in [1.29, 1.82) is 0 Å². The second-order valence-corrected chi connectivity index (χ2v) is 5.51. The molecule has 1 aromatic heterocycles. The molecule has 5 heteroatoms. The fourth-order valence-electron chi connectivity index (χ4n) is 1.20. The first kappa shape index (κ1) is 9.98. The van der Waals surface area contributed by atoms with Gasteiger partial charge in [0.1, 0.15) is 5.01 Å². The van der Waals surface area contributed by atoms with Gasteiger partial charge < -0.3 is 5.32 Å². The predicted molar refractivity (Wildman–Crippen MR) is 63.1 cm³/mol. The molecule has 3 nitrogen and oxygen atoms in total. The van der Waals surface area contributed by atoms with Crippen LogP contribution in [0.5, 0.6) is 0 Å². The summed E-state index contributed by atoms with van der Waals surface area (Å²) in [4.78, 5) is 9.95. The number of amidine groups is 1. The molecule has 0 saturated heterocycles. The Morgan fingerprint density at radius 1 is 1.57 bits per heavy atom. The molecule has 0 saturated carbocycles. The van der Waals surface area contributed by atoms with E-state index in [4.69, 9.17) is 0 Å². The number of thioether (sulfide) groups is 1. The topological polar surface area (TPSA) is 37.3 Å². The molecule has 1 aliphatic heterocycles. The molecule has 76 valence electrons. The van der Waals surface area contributed by atoms with E-state index in [9.17, 15) is 0 Å². The van der Waals surface area contributed by atoms with Crippen molar-refractivity contribution in [2.75, 3.05) is 12.3 Å². The first-order valence-corrected chi connectivity index (χ1v) is 6.47. The number of thiazole rings is 1. The Morgan fingerprint density at radius 3 is 3.14 bits per heavy atom. The summed E-state index contributed by atoms with van der Waals surface area (Å²) in [5, 5.41) is 5.52. The van der Waals surface area contributed by atoms with Gasteiger partial charge in [0.2, 0.25) is 0 Å². The van der Waals surface area contributed by atoms with Gasteiger partial charge in [0.05, 0.1) is 6.54 Å². The lowest BCUT2D eigenvalue weighted by Gasteiger charge is -2.11. The van der Waals surface area contributed by atoms with Gasteiger partial charge >= 0.3 is 0 Å². The van der Waals surface area contributed by atoms with Crippen LogP contribution in [-0.2, 0) is 6.54 Å². The Morgan fingerprint density at radius 2 is 2.50 bits per heavy atom. The molecule has 1 aliphatic rings. The Bertz CT molecular complexity index is 333. The molecule has 0 spiro atoms. The number of aliphatic imine (C=N–C) groups is 1. The van der Waals surface area contributed by atoms with Gasteiger partial charge in [0, 0.05) is 23.4 Å². The largest absolute Gasteiger partial charge is 0.358 e. The molecule has 1 aromatic rings. The molecule has 0 aliphatic carbocycles. The third-order valence-corrected chi connectivity index (χ3v) is 3.81. The summed E-state index contributed by atoms with van der Waals surface area (Å²) >= 11 is 3.54. The van der Waals surface area contributed by atoms with Gasteiger partial charge in [-0.25, -0.2) is 4.98 Å². The molecule has 0 atom stereocenters. The lowest BCUT2D eigenvalue weighted by Crippen LogP contribution is -2.22. The molecular weight excluding hydrogens is 214 g/mol. The van der Waals surface area contributed by atoms with Crippen molar-refractivity contribution in [2.45, 2.75) is 19.9 Å². The summed E-state index contributed by atoms with van der Waals surface area (Å²) in [6, 6.07) is 0. The summed E-state index contributed by atoms with van der Waals surface area (Å²) < 4.78 is 0. The molecule has 2 rings (SSSR count). The summed E-state index contributed by atoms with van der Waals surface area (Å²) in [6.07, 6.45) is 3.11. The van der Waals surface area contributed by atoms with Crippen molar-refractivity contribution in [3.63, 3.8) is 0 Å². The van der Waals surface area contributed by atoms with E-state index in [1.54, 1.807) is 23.1 Å². The highest BCUT2D eigenvalue weighted by molar-refractivity contribution is 8.13. The fourth-order valence-corrected chi connectivity index (χ4v) is 2.75. The standard InChI is InChI=1S/C9H13N3S2/c1-7-5-11-8(14-7)6-12-9-10-3-2-4-13-9/h5H,2-4,6H2,1H3,(H,10,12). The first-order chi connectivity index (χ1) is 6.84. The highest BCUT2D eigenvalue weighted by Crippen LogP contribution is 2.13. The van der Waals surface area contributed by atoms with Crippen LogP contribution >= 0.6 is 23.1 Å². The zero-order valence-corrected chi connectivity index (χ0v) is 9.75. The van der Waals surface area contributed by atoms with Crippen LogP contribution in [0, 0.1) is 6.92 Å². The molecule has 1 N–H and O–H groups in total. The Labute approximate surface area is 92.0 Å². The third-order valence-electron chi connectivity index (χ3n) is 1.86. The number of hydrogen-bond donors (Lipinski definition) is 1. The highest BCUT2D eigenvalue weighted by Gasteiger charge is 2.05. The van der Waals surface area contributed by atoms with Crippen LogP contribution < -0.4 is 5.32 Å². The minimum Gasteiger partial charge on any atom is -0.358 e.